The lowest BCUT2D eigenvalue weighted by atomic mass is 10.0. The Balaban J connectivity index is 0.000000407. The summed E-state index contributed by atoms with van der Waals surface area (Å²) in [7, 11) is 2.19. The molecule has 4 nitrogen and oxygen atoms in total. The van der Waals surface area contributed by atoms with Gasteiger partial charge in [0.2, 0.25) is 0 Å². The van der Waals surface area contributed by atoms with Crippen LogP contribution in [0.15, 0.2) is 95.9 Å². The maximum atomic E-state index is 4.68. The van der Waals surface area contributed by atoms with Crippen molar-refractivity contribution in [3.63, 3.8) is 0 Å². The standard InChI is InChI=1S/C22H22BrN3.C4H5N/c1-25-10-12-26(13-11-25)21-7-3-4-17(15-21)19-8-9-22(24-16-19)18-5-2-6-20(23)14-18;1-2-4-5-3-1/h2-9,14-16H,10-13H2,1H3;1-5H. The van der Waals surface area contributed by atoms with Crippen molar-refractivity contribution in [2.45, 2.75) is 0 Å². The Bertz CT molecular complexity index is 1050. The molecule has 0 amide bonds. The van der Waals surface area contributed by atoms with Crippen molar-refractivity contribution in [1.29, 1.82) is 0 Å². The summed E-state index contributed by atoms with van der Waals surface area (Å²) in [5.74, 6) is 0. The lowest BCUT2D eigenvalue weighted by Gasteiger charge is -2.34. The number of nitrogens with one attached hydrogen (secondary N) is 1. The molecular weight excluding hydrogens is 448 g/mol. The largest absolute Gasteiger partial charge is 0.369 e. The molecule has 1 fully saturated rings. The van der Waals surface area contributed by atoms with Crippen molar-refractivity contribution in [3.05, 3.63) is 95.9 Å². The third-order valence-electron chi connectivity index (χ3n) is 5.43. The Labute approximate surface area is 192 Å². The van der Waals surface area contributed by atoms with Crippen molar-refractivity contribution in [2.75, 3.05) is 38.1 Å². The van der Waals surface area contributed by atoms with Gasteiger partial charge < -0.3 is 14.8 Å². The van der Waals surface area contributed by atoms with Crippen LogP contribution < -0.4 is 4.90 Å². The fraction of sp³-hybridized carbons (Fsp3) is 0.192. The van der Waals surface area contributed by atoms with Gasteiger partial charge in [0.1, 0.15) is 0 Å². The molecule has 2 aromatic carbocycles. The molecule has 0 radical (unpaired) electrons. The highest BCUT2D eigenvalue weighted by Crippen LogP contribution is 2.27. The van der Waals surface area contributed by atoms with Crippen LogP contribution in [0, 0.1) is 0 Å². The Morgan fingerprint density at radius 3 is 2.16 bits per heavy atom. The van der Waals surface area contributed by atoms with E-state index in [-0.39, 0.29) is 0 Å². The lowest BCUT2D eigenvalue weighted by Crippen LogP contribution is -2.44. The Hall–Kier alpha value is -2.89. The van der Waals surface area contributed by atoms with Gasteiger partial charge in [0, 0.05) is 66.1 Å². The van der Waals surface area contributed by atoms with E-state index in [9.17, 15) is 0 Å². The first kappa shape index (κ1) is 21.3. The van der Waals surface area contributed by atoms with Crippen LogP contribution in [0.2, 0.25) is 0 Å². The molecule has 5 heteroatoms. The first-order valence-corrected chi connectivity index (χ1v) is 11.3. The lowest BCUT2D eigenvalue weighted by molar-refractivity contribution is 0.313. The van der Waals surface area contributed by atoms with Gasteiger partial charge in [-0.1, -0.05) is 46.3 Å². The number of aromatic amines is 1. The number of anilines is 1. The topological polar surface area (TPSA) is 35.2 Å². The summed E-state index contributed by atoms with van der Waals surface area (Å²) in [5.41, 5.74) is 5.78. The molecule has 0 atom stereocenters. The van der Waals surface area contributed by atoms with Crippen molar-refractivity contribution < 1.29 is 0 Å². The Morgan fingerprint density at radius 2 is 1.52 bits per heavy atom. The second-order valence-corrected chi connectivity index (χ2v) is 8.58. The molecule has 1 saturated heterocycles. The van der Waals surface area contributed by atoms with Gasteiger partial charge in [-0.2, -0.15) is 0 Å². The highest BCUT2D eigenvalue weighted by molar-refractivity contribution is 9.10. The second kappa shape index (κ2) is 10.4. The molecular formula is C26H27BrN4. The third-order valence-corrected chi connectivity index (χ3v) is 5.92. The normalized spacial score (nSPS) is 14.1. The van der Waals surface area contributed by atoms with Crippen LogP contribution >= 0.6 is 15.9 Å². The number of benzene rings is 2. The van der Waals surface area contributed by atoms with Gasteiger partial charge in [-0.3, -0.25) is 4.98 Å². The Morgan fingerprint density at radius 1 is 0.774 bits per heavy atom. The number of hydrogen-bond acceptors (Lipinski definition) is 3. The molecule has 0 aliphatic carbocycles. The minimum Gasteiger partial charge on any atom is -0.369 e. The van der Waals surface area contributed by atoms with E-state index in [2.05, 4.69) is 91.3 Å². The smallest absolute Gasteiger partial charge is 0.0702 e. The fourth-order valence-corrected chi connectivity index (χ4v) is 4.01. The van der Waals surface area contributed by atoms with E-state index >= 15 is 0 Å². The average Bonchev–Trinajstić information content (AvgIpc) is 3.40. The van der Waals surface area contributed by atoms with Gasteiger partial charge >= 0.3 is 0 Å². The maximum Gasteiger partial charge on any atom is 0.0702 e. The molecule has 0 bridgehead atoms. The first-order valence-electron chi connectivity index (χ1n) is 10.5. The van der Waals surface area contributed by atoms with Crippen LogP contribution in [0.5, 0.6) is 0 Å². The quantitative estimate of drug-likeness (QED) is 0.398. The molecule has 3 heterocycles. The average molecular weight is 475 g/mol. The van der Waals surface area contributed by atoms with Crippen LogP contribution in [-0.4, -0.2) is 48.1 Å². The zero-order valence-electron chi connectivity index (χ0n) is 17.7. The fourth-order valence-electron chi connectivity index (χ4n) is 3.61. The van der Waals surface area contributed by atoms with Crippen LogP contribution in [0.3, 0.4) is 0 Å². The predicted octanol–water partition coefficient (Wildman–Crippen LogP) is 5.94. The highest BCUT2D eigenvalue weighted by Gasteiger charge is 2.14. The van der Waals surface area contributed by atoms with Gasteiger partial charge in [-0.05, 0) is 55.1 Å². The van der Waals surface area contributed by atoms with E-state index in [0.29, 0.717) is 0 Å². The van der Waals surface area contributed by atoms with E-state index in [0.717, 1.165) is 47.5 Å². The highest BCUT2D eigenvalue weighted by atomic mass is 79.9. The molecule has 0 spiro atoms. The number of piperazine rings is 1. The van der Waals surface area contributed by atoms with E-state index in [1.807, 2.05) is 42.9 Å². The molecule has 0 unspecified atom stereocenters. The Kier molecular flexibility index (Phi) is 7.18. The molecule has 1 aliphatic rings. The molecule has 31 heavy (non-hydrogen) atoms. The molecule has 0 saturated carbocycles. The summed E-state index contributed by atoms with van der Waals surface area (Å²) in [6.45, 7) is 4.40. The zero-order chi connectivity index (χ0) is 21.5. The van der Waals surface area contributed by atoms with Crippen LogP contribution in [0.1, 0.15) is 0 Å². The number of pyridine rings is 1. The summed E-state index contributed by atoms with van der Waals surface area (Å²) in [6.07, 6.45) is 5.72. The van der Waals surface area contributed by atoms with Gasteiger partial charge in [0.05, 0.1) is 5.69 Å². The number of likely N-dealkylation sites (N-methyl/N-ethyl adjacent to an activating group) is 1. The number of nitrogens with zero attached hydrogens (tertiary/aromatic N) is 3. The first-order chi connectivity index (χ1) is 15.2. The van der Waals surface area contributed by atoms with E-state index in [4.69, 9.17) is 0 Å². The monoisotopic (exact) mass is 474 g/mol. The van der Waals surface area contributed by atoms with Gasteiger partial charge in [-0.15, -0.1) is 0 Å². The SMILES string of the molecule is CN1CCN(c2cccc(-c3ccc(-c4cccc(Br)c4)nc3)c2)CC1.c1cc[nH]c1. The summed E-state index contributed by atoms with van der Waals surface area (Å²) in [5, 5.41) is 0. The summed E-state index contributed by atoms with van der Waals surface area (Å²) in [4.78, 5) is 12.4. The molecule has 1 aliphatic heterocycles. The zero-order valence-corrected chi connectivity index (χ0v) is 19.3. The van der Waals surface area contributed by atoms with Crippen LogP contribution in [0.4, 0.5) is 5.69 Å². The van der Waals surface area contributed by atoms with E-state index < -0.39 is 0 Å². The minimum absolute atomic E-state index is 0.991. The predicted molar refractivity (Wildman–Crippen MR) is 133 cm³/mol. The molecule has 5 rings (SSSR count). The maximum absolute atomic E-state index is 4.68. The van der Waals surface area contributed by atoms with Gasteiger partial charge in [0.15, 0.2) is 0 Å². The number of aromatic nitrogens is 2. The van der Waals surface area contributed by atoms with E-state index in [1.54, 1.807) is 0 Å². The van der Waals surface area contributed by atoms with Crippen molar-refractivity contribution in [1.82, 2.24) is 14.9 Å². The second-order valence-electron chi connectivity index (χ2n) is 7.67. The van der Waals surface area contributed by atoms with Gasteiger partial charge in [0.25, 0.3) is 0 Å². The van der Waals surface area contributed by atoms with Crippen molar-refractivity contribution in [2.24, 2.45) is 0 Å². The number of halogens is 1. The number of hydrogen-bond donors (Lipinski definition) is 1. The van der Waals surface area contributed by atoms with Crippen molar-refractivity contribution in [3.8, 4) is 22.4 Å². The van der Waals surface area contributed by atoms with Gasteiger partial charge in [-0.25, -0.2) is 0 Å². The third kappa shape index (κ3) is 5.84. The number of H-pyrrole nitrogens is 1. The summed E-state index contributed by atoms with van der Waals surface area (Å²) < 4.78 is 1.07. The van der Waals surface area contributed by atoms with Crippen LogP contribution in [-0.2, 0) is 0 Å². The van der Waals surface area contributed by atoms with E-state index in [1.165, 1.54) is 11.3 Å². The molecule has 2 aromatic heterocycles. The van der Waals surface area contributed by atoms with Crippen LogP contribution in [0.25, 0.3) is 22.4 Å². The summed E-state index contributed by atoms with van der Waals surface area (Å²) in [6, 6.07) is 25.2. The summed E-state index contributed by atoms with van der Waals surface area (Å²) >= 11 is 3.52. The molecule has 1 N–H and O–H groups in total. The molecule has 158 valence electrons. The number of rotatable bonds is 3. The van der Waals surface area contributed by atoms with Crippen molar-refractivity contribution >= 4 is 21.6 Å². The molecule has 4 aromatic rings. The minimum atomic E-state index is 0.991.